The SMILES string of the molecule is C=CC(=O)N[C@H]1COCC1Nc1cc2c(N3CC4(CCCC4)C3)nc(-c3c(Cl)c(OC)cc(OC)c3Cl)cc2cn1. The molecule has 2 N–H and O–H groups in total. The second kappa shape index (κ2) is 11.2. The highest BCUT2D eigenvalue weighted by molar-refractivity contribution is 6.41. The van der Waals surface area contributed by atoms with Crippen LogP contribution in [0.5, 0.6) is 11.5 Å². The number of anilines is 2. The van der Waals surface area contributed by atoms with E-state index in [-0.39, 0.29) is 18.0 Å². The Bertz CT molecular complexity index is 1470. The molecule has 3 fully saturated rings. The van der Waals surface area contributed by atoms with Crippen molar-refractivity contribution in [3.8, 4) is 22.8 Å². The molecule has 11 heteroatoms. The summed E-state index contributed by atoms with van der Waals surface area (Å²) in [5, 5.41) is 8.98. The third-order valence-corrected chi connectivity index (χ3v) is 9.22. The molecule has 4 heterocycles. The summed E-state index contributed by atoms with van der Waals surface area (Å²) in [4.78, 5) is 24.1. The van der Waals surface area contributed by atoms with Crippen molar-refractivity contribution in [2.45, 2.75) is 37.8 Å². The second-order valence-corrected chi connectivity index (χ2v) is 11.8. The lowest BCUT2D eigenvalue weighted by molar-refractivity contribution is -0.117. The zero-order valence-corrected chi connectivity index (χ0v) is 24.6. The van der Waals surface area contributed by atoms with Gasteiger partial charge in [0, 0.05) is 47.1 Å². The molecule has 3 aromatic rings. The summed E-state index contributed by atoms with van der Waals surface area (Å²) >= 11 is 13.6. The number of nitrogens with zero attached hydrogens (tertiary/aromatic N) is 3. The van der Waals surface area contributed by atoms with Gasteiger partial charge in [0.25, 0.3) is 0 Å². The number of pyridine rings is 2. The first-order valence-electron chi connectivity index (χ1n) is 13.8. The van der Waals surface area contributed by atoms with Crippen LogP contribution in [-0.2, 0) is 9.53 Å². The van der Waals surface area contributed by atoms with E-state index in [1.54, 1.807) is 20.3 Å². The predicted molar refractivity (Wildman–Crippen MR) is 162 cm³/mol. The molecular formula is C30H33Cl2N5O4. The number of methoxy groups -OCH3 is 2. The number of rotatable bonds is 8. The maximum atomic E-state index is 11.9. The van der Waals surface area contributed by atoms with Crippen LogP contribution in [0.2, 0.25) is 10.0 Å². The molecule has 1 amide bonds. The van der Waals surface area contributed by atoms with Crippen LogP contribution in [0.4, 0.5) is 11.6 Å². The predicted octanol–water partition coefficient (Wildman–Crippen LogP) is 5.48. The summed E-state index contributed by atoms with van der Waals surface area (Å²) in [5.41, 5.74) is 1.53. The van der Waals surface area contributed by atoms with Gasteiger partial charge in [0.05, 0.1) is 55.3 Å². The number of aromatic nitrogens is 2. The third kappa shape index (κ3) is 5.15. The Morgan fingerprint density at radius 1 is 1.10 bits per heavy atom. The Morgan fingerprint density at radius 2 is 1.78 bits per heavy atom. The smallest absolute Gasteiger partial charge is 0.243 e. The van der Waals surface area contributed by atoms with E-state index in [1.807, 2.05) is 18.3 Å². The molecule has 1 aliphatic carbocycles. The van der Waals surface area contributed by atoms with Gasteiger partial charge in [0.2, 0.25) is 5.91 Å². The molecule has 0 radical (unpaired) electrons. The Morgan fingerprint density at radius 3 is 2.44 bits per heavy atom. The number of nitrogens with one attached hydrogen (secondary N) is 2. The Kier molecular flexibility index (Phi) is 7.61. The molecule has 6 rings (SSSR count). The molecule has 1 spiro atoms. The summed E-state index contributed by atoms with van der Waals surface area (Å²) in [5.74, 6) is 2.21. The quantitative estimate of drug-likeness (QED) is 0.329. The van der Waals surface area contributed by atoms with Crippen molar-refractivity contribution in [1.82, 2.24) is 15.3 Å². The topological polar surface area (TPSA) is 97.8 Å². The van der Waals surface area contributed by atoms with E-state index in [2.05, 4.69) is 22.1 Å². The lowest BCUT2D eigenvalue weighted by Gasteiger charge is -2.49. The highest BCUT2D eigenvalue weighted by Crippen LogP contribution is 2.50. The lowest BCUT2D eigenvalue weighted by Crippen LogP contribution is -2.55. The molecule has 2 aromatic heterocycles. The van der Waals surface area contributed by atoms with Gasteiger partial charge in [-0.3, -0.25) is 4.79 Å². The Balaban J connectivity index is 1.41. The minimum Gasteiger partial charge on any atom is -0.495 e. The fourth-order valence-electron chi connectivity index (χ4n) is 6.31. The van der Waals surface area contributed by atoms with Crippen LogP contribution in [0.1, 0.15) is 25.7 Å². The fraction of sp³-hybridized carbons (Fsp3) is 0.433. The molecule has 2 atom stereocenters. The van der Waals surface area contributed by atoms with E-state index in [1.165, 1.54) is 31.8 Å². The second-order valence-electron chi connectivity index (χ2n) is 11.1. The maximum Gasteiger partial charge on any atom is 0.243 e. The van der Waals surface area contributed by atoms with Crippen LogP contribution < -0.4 is 25.0 Å². The molecule has 2 saturated heterocycles. The van der Waals surface area contributed by atoms with Gasteiger partial charge in [-0.1, -0.05) is 42.6 Å². The van der Waals surface area contributed by atoms with Gasteiger partial charge >= 0.3 is 0 Å². The average Bonchev–Trinajstić information content (AvgIpc) is 3.62. The van der Waals surface area contributed by atoms with E-state index < -0.39 is 0 Å². The number of carbonyl (C=O) groups excluding carboxylic acids is 1. The number of halogens is 2. The number of benzene rings is 1. The van der Waals surface area contributed by atoms with Crippen LogP contribution in [0.25, 0.3) is 22.0 Å². The number of hydrogen-bond donors (Lipinski definition) is 2. The standard InChI is InChI=1S/C30H33Cl2N5O4/c1-4-25(38)35-21-14-41-13-20(21)34-24-10-18-17(12-33-24)9-19(26-27(31)22(39-2)11-23(40-3)28(26)32)36-29(18)37-15-30(16-37)7-5-6-8-30/h4,9-12,20-21H,1,5-8,13-16H2,2-3H3,(H,33,34)(H,35,38)/t20?,21-/m0/s1. The van der Waals surface area contributed by atoms with E-state index in [0.29, 0.717) is 57.2 Å². The Labute approximate surface area is 249 Å². The van der Waals surface area contributed by atoms with Gasteiger partial charge in [-0.25, -0.2) is 9.97 Å². The van der Waals surface area contributed by atoms with Crippen molar-refractivity contribution in [2.24, 2.45) is 5.41 Å². The van der Waals surface area contributed by atoms with Gasteiger partial charge in [0.1, 0.15) is 23.1 Å². The third-order valence-electron chi connectivity index (χ3n) is 8.47. The summed E-state index contributed by atoms with van der Waals surface area (Å²) in [6.45, 7) is 6.33. The normalized spacial score (nSPS) is 21.1. The van der Waals surface area contributed by atoms with Crippen LogP contribution in [0.15, 0.2) is 37.1 Å². The van der Waals surface area contributed by atoms with E-state index in [4.69, 9.17) is 47.4 Å². The molecule has 0 bridgehead atoms. The molecule has 2 aliphatic heterocycles. The fourth-order valence-corrected chi connectivity index (χ4v) is 7.01. The first-order chi connectivity index (χ1) is 19.8. The van der Waals surface area contributed by atoms with Gasteiger partial charge in [-0.2, -0.15) is 0 Å². The molecule has 3 aliphatic rings. The number of ether oxygens (including phenoxy) is 3. The van der Waals surface area contributed by atoms with Crippen LogP contribution >= 0.6 is 23.2 Å². The van der Waals surface area contributed by atoms with Crippen molar-refractivity contribution < 1.29 is 19.0 Å². The highest BCUT2D eigenvalue weighted by Gasteiger charge is 2.45. The van der Waals surface area contributed by atoms with Gasteiger partial charge in [-0.05, 0) is 31.1 Å². The van der Waals surface area contributed by atoms with E-state index in [0.717, 1.165) is 29.7 Å². The van der Waals surface area contributed by atoms with Gasteiger partial charge in [0.15, 0.2) is 0 Å². The maximum absolute atomic E-state index is 11.9. The summed E-state index contributed by atoms with van der Waals surface area (Å²) in [6.07, 6.45) is 8.15. The van der Waals surface area contributed by atoms with Gasteiger partial charge in [-0.15, -0.1) is 0 Å². The van der Waals surface area contributed by atoms with Crippen molar-refractivity contribution in [3.63, 3.8) is 0 Å². The summed E-state index contributed by atoms with van der Waals surface area (Å²) in [7, 11) is 3.11. The first kappa shape index (κ1) is 27.9. The average molecular weight is 599 g/mol. The molecule has 216 valence electrons. The van der Waals surface area contributed by atoms with Gasteiger partial charge < -0.3 is 29.7 Å². The number of hydrogen-bond acceptors (Lipinski definition) is 8. The molecule has 41 heavy (non-hydrogen) atoms. The molecular weight excluding hydrogens is 565 g/mol. The highest BCUT2D eigenvalue weighted by atomic mass is 35.5. The zero-order chi connectivity index (χ0) is 28.7. The summed E-state index contributed by atoms with van der Waals surface area (Å²) < 4.78 is 16.7. The molecule has 9 nitrogen and oxygen atoms in total. The first-order valence-corrected chi connectivity index (χ1v) is 14.5. The summed E-state index contributed by atoms with van der Waals surface area (Å²) in [6, 6.07) is 5.31. The number of amides is 1. The van der Waals surface area contributed by atoms with Crippen molar-refractivity contribution in [2.75, 3.05) is 50.7 Å². The number of fused-ring (bicyclic) bond motifs is 1. The Hall–Kier alpha value is -3.27. The lowest BCUT2D eigenvalue weighted by atomic mass is 9.78. The van der Waals surface area contributed by atoms with Crippen molar-refractivity contribution in [3.05, 3.63) is 47.1 Å². The zero-order valence-electron chi connectivity index (χ0n) is 23.1. The molecule has 1 aromatic carbocycles. The van der Waals surface area contributed by atoms with Crippen molar-refractivity contribution >= 4 is 51.5 Å². The molecule has 1 saturated carbocycles. The molecule has 1 unspecified atom stereocenters. The van der Waals surface area contributed by atoms with Crippen LogP contribution in [-0.4, -0.2) is 68.5 Å². The number of carbonyl (C=O) groups is 1. The van der Waals surface area contributed by atoms with Crippen LogP contribution in [0, 0.1) is 5.41 Å². The van der Waals surface area contributed by atoms with Crippen molar-refractivity contribution in [1.29, 1.82) is 0 Å². The minimum absolute atomic E-state index is 0.132. The monoisotopic (exact) mass is 597 g/mol. The van der Waals surface area contributed by atoms with Crippen LogP contribution in [0.3, 0.4) is 0 Å². The minimum atomic E-state index is -0.233. The van der Waals surface area contributed by atoms with E-state index in [9.17, 15) is 4.79 Å². The largest absolute Gasteiger partial charge is 0.495 e. The van der Waals surface area contributed by atoms with E-state index >= 15 is 0 Å².